The van der Waals surface area contributed by atoms with Crippen molar-refractivity contribution in [3.05, 3.63) is 78.8 Å². The highest BCUT2D eigenvalue weighted by Gasteiger charge is 2.13. The molecule has 0 spiro atoms. The van der Waals surface area contributed by atoms with Crippen molar-refractivity contribution < 1.29 is 0 Å². The third kappa shape index (κ3) is 2.25. The van der Waals surface area contributed by atoms with Crippen LogP contribution in [0.5, 0.6) is 0 Å². The normalized spacial score (nSPS) is 10.6. The van der Waals surface area contributed by atoms with Crippen LogP contribution < -0.4 is 0 Å². The lowest BCUT2D eigenvalue weighted by molar-refractivity contribution is 1.09. The highest BCUT2D eigenvalue weighted by atomic mass is 15.1. The summed E-state index contributed by atoms with van der Waals surface area (Å²) in [6.45, 7) is 0. The molecule has 108 valence electrons. The first-order valence-electron chi connectivity index (χ1n) is 7.25. The first kappa shape index (κ1) is 13.2. The molecule has 2 heterocycles. The standard InChI is InChI=1S/C19H12N4/c20-12-14-10-16(17-8-4-5-9-21-17)19-18(11-14)22-13-23(19)15-6-2-1-3-7-15/h1-11,13H. The summed E-state index contributed by atoms with van der Waals surface area (Å²) < 4.78 is 2.03. The molecule has 0 bridgehead atoms. The molecular weight excluding hydrogens is 284 g/mol. The van der Waals surface area contributed by atoms with Crippen molar-refractivity contribution in [2.24, 2.45) is 0 Å². The summed E-state index contributed by atoms with van der Waals surface area (Å²) in [5.74, 6) is 0. The zero-order chi connectivity index (χ0) is 15.6. The summed E-state index contributed by atoms with van der Waals surface area (Å²) in [4.78, 5) is 8.91. The molecule has 0 fully saturated rings. The van der Waals surface area contributed by atoms with E-state index in [2.05, 4.69) is 16.0 Å². The van der Waals surface area contributed by atoms with E-state index in [4.69, 9.17) is 0 Å². The highest BCUT2D eigenvalue weighted by Crippen LogP contribution is 2.30. The summed E-state index contributed by atoms with van der Waals surface area (Å²) in [7, 11) is 0. The molecule has 0 unspecified atom stereocenters. The minimum atomic E-state index is 0.580. The number of benzene rings is 2. The Hall–Kier alpha value is -3.45. The molecule has 4 aromatic rings. The third-order valence-corrected chi connectivity index (χ3v) is 3.75. The number of rotatable bonds is 2. The molecule has 4 rings (SSSR count). The Morgan fingerprint density at radius 2 is 1.74 bits per heavy atom. The number of hydrogen-bond donors (Lipinski definition) is 0. The van der Waals surface area contributed by atoms with Crippen LogP contribution >= 0.6 is 0 Å². The number of nitrogens with zero attached hydrogens (tertiary/aromatic N) is 4. The summed E-state index contributed by atoms with van der Waals surface area (Å²) in [5, 5.41) is 9.29. The third-order valence-electron chi connectivity index (χ3n) is 3.75. The summed E-state index contributed by atoms with van der Waals surface area (Å²) in [5.41, 5.74) is 5.07. The lowest BCUT2D eigenvalue weighted by Crippen LogP contribution is -1.95. The highest BCUT2D eigenvalue weighted by molar-refractivity contribution is 5.93. The molecule has 2 aromatic heterocycles. The molecule has 4 heteroatoms. The summed E-state index contributed by atoms with van der Waals surface area (Å²) in [6.07, 6.45) is 3.54. The van der Waals surface area contributed by atoms with E-state index in [1.165, 1.54) is 0 Å². The first-order chi connectivity index (χ1) is 11.4. The van der Waals surface area contributed by atoms with Gasteiger partial charge in [-0.05, 0) is 36.4 Å². The Morgan fingerprint density at radius 3 is 2.48 bits per heavy atom. The van der Waals surface area contributed by atoms with Crippen molar-refractivity contribution in [1.82, 2.24) is 14.5 Å². The van der Waals surface area contributed by atoms with Gasteiger partial charge in [0.25, 0.3) is 0 Å². The van der Waals surface area contributed by atoms with E-state index in [0.717, 1.165) is 28.0 Å². The number of para-hydroxylation sites is 1. The van der Waals surface area contributed by atoms with Gasteiger partial charge < -0.3 is 0 Å². The van der Waals surface area contributed by atoms with E-state index in [-0.39, 0.29) is 0 Å². The fraction of sp³-hybridized carbons (Fsp3) is 0. The Balaban J connectivity index is 2.07. The van der Waals surface area contributed by atoms with Gasteiger partial charge >= 0.3 is 0 Å². The van der Waals surface area contributed by atoms with E-state index in [0.29, 0.717) is 5.56 Å². The number of imidazole rings is 1. The fourth-order valence-corrected chi connectivity index (χ4v) is 2.71. The SMILES string of the molecule is N#Cc1cc(-c2ccccn2)c2c(c1)ncn2-c1ccccc1. The van der Waals surface area contributed by atoms with Gasteiger partial charge in [0.2, 0.25) is 0 Å². The van der Waals surface area contributed by atoms with Gasteiger partial charge in [0.05, 0.1) is 28.4 Å². The van der Waals surface area contributed by atoms with Gasteiger partial charge in [-0.3, -0.25) is 9.55 Å². The number of pyridine rings is 1. The zero-order valence-electron chi connectivity index (χ0n) is 12.2. The molecule has 0 aliphatic carbocycles. The Labute approximate surface area is 133 Å². The Kier molecular flexibility index (Phi) is 3.10. The van der Waals surface area contributed by atoms with Gasteiger partial charge in [-0.2, -0.15) is 5.26 Å². The number of aromatic nitrogens is 3. The van der Waals surface area contributed by atoms with Crippen LogP contribution in [-0.2, 0) is 0 Å². The molecular formula is C19H12N4. The monoisotopic (exact) mass is 296 g/mol. The van der Waals surface area contributed by atoms with Crippen LogP contribution in [0, 0.1) is 11.3 Å². The van der Waals surface area contributed by atoms with Crippen LogP contribution in [0.3, 0.4) is 0 Å². The van der Waals surface area contributed by atoms with Gasteiger partial charge in [-0.15, -0.1) is 0 Å². The quantitative estimate of drug-likeness (QED) is 0.562. The van der Waals surface area contributed by atoms with Crippen molar-refractivity contribution in [3.63, 3.8) is 0 Å². The van der Waals surface area contributed by atoms with Crippen molar-refractivity contribution in [2.75, 3.05) is 0 Å². The van der Waals surface area contributed by atoms with Crippen LogP contribution in [-0.4, -0.2) is 14.5 Å². The minimum Gasteiger partial charge on any atom is -0.298 e. The molecule has 23 heavy (non-hydrogen) atoms. The topological polar surface area (TPSA) is 54.5 Å². The fourth-order valence-electron chi connectivity index (χ4n) is 2.71. The second-order valence-electron chi connectivity index (χ2n) is 5.17. The van der Waals surface area contributed by atoms with Crippen molar-refractivity contribution in [1.29, 1.82) is 5.26 Å². The van der Waals surface area contributed by atoms with Crippen LogP contribution in [0.25, 0.3) is 28.0 Å². The molecule has 0 radical (unpaired) electrons. The minimum absolute atomic E-state index is 0.580. The van der Waals surface area contributed by atoms with Gasteiger partial charge in [0.15, 0.2) is 0 Å². The van der Waals surface area contributed by atoms with Crippen LogP contribution in [0.2, 0.25) is 0 Å². The zero-order valence-corrected chi connectivity index (χ0v) is 12.2. The van der Waals surface area contributed by atoms with Crippen LogP contribution in [0.4, 0.5) is 0 Å². The van der Waals surface area contributed by atoms with Gasteiger partial charge in [-0.1, -0.05) is 24.3 Å². The number of hydrogen-bond acceptors (Lipinski definition) is 3. The summed E-state index contributed by atoms with van der Waals surface area (Å²) in [6, 6.07) is 21.7. The average molecular weight is 296 g/mol. The van der Waals surface area contributed by atoms with Gasteiger partial charge in [0, 0.05) is 17.4 Å². The van der Waals surface area contributed by atoms with E-state index in [1.54, 1.807) is 18.6 Å². The molecule has 0 saturated carbocycles. The van der Waals surface area contributed by atoms with Crippen LogP contribution in [0.1, 0.15) is 5.56 Å². The lowest BCUT2D eigenvalue weighted by atomic mass is 10.1. The lowest BCUT2D eigenvalue weighted by Gasteiger charge is -2.09. The molecule has 2 aromatic carbocycles. The van der Waals surface area contributed by atoms with E-state index < -0.39 is 0 Å². The van der Waals surface area contributed by atoms with E-state index in [9.17, 15) is 5.26 Å². The molecule has 0 aliphatic rings. The van der Waals surface area contributed by atoms with E-state index in [1.807, 2.05) is 59.2 Å². The number of nitriles is 1. The Morgan fingerprint density at radius 1 is 0.913 bits per heavy atom. The van der Waals surface area contributed by atoms with Gasteiger partial charge in [-0.25, -0.2) is 4.98 Å². The van der Waals surface area contributed by atoms with Crippen LogP contribution in [0.15, 0.2) is 73.2 Å². The van der Waals surface area contributed by atoms with Crippen molar-refractivity contribution in [3.8, 4) is 23.0 Å². The molecule has 0 atom stereocenters. The maximum atomic E-state index is 9.29. The maximum absolute atomic E-state index is 9.29. The number of fused-ring (bicyclic) bond motifs is 1. The largest absolute Gasteiger partial charge is 0.298 e. The second kappa shape index (κ2) is 5.39. The smallest absolute Gasteiger partial charge is 0.100 e. The first-order valence-corrected chi connectivity index (χ1v) is 7.25. The maximum Gasteiger partial charge on any atom is 0.100 e. The predicted molar refractivity (Wildman–Crippen MR) is 89.0 cm³/mol. The molecule has 4 nitrogen and oxygen atoms in total. The van der Waals surface area contributed by atoms with Gasteiger partial charge in [0.1, 0.15) is 6.33 Å². The van der Waals surface area contributed by atoms with Crippen molar-refractivity contribution >= 4 is 11.0 Å². The molecule has 0 saturated heterocycles. The van der Waals surface area contributed by atoms with E-state index >= 15 is 0 Å². The molecule has 0 aliphatic heterocycles. The predicted octanol–water partition coefficient (Wildman–Crippen LogP) is 3.96. The average Bonchev–Trinajstić information content (AvgIpc) is 3.06. The molecule has 0 amide bonds. The Bertz CT molecular complexity index is 1010. The second-order valence-corrected chi connectivity index (χ2v) is 5.17. The van der Waals surface area contributed by atoms with Crippen molar-refractivity contribution in [2.45, 2.75) is 0 Å². The summed E-state index contributed by atoms with van der Waals surface area (Å²) >= 11 is 0. The molecule has 0 N–H and O–H groups in total.